The first kappa shape index (κ1) is 16.0. The molecule has 8 nitrogen and oxygen atoms in total. The number of aromatic nitrogens is 4. The van der Waals surface area contributed by atoms with Gasteiger partial charge in [0.1, 0.15) is 12.4 Å². The number of amides is 1. The van der Waals surface area contributed by atoms with Crippen LogP contribution in [0, 0.1) is 13.8 Å². The number of halogens is 1. The van der Waals surface area contributed by atoms with Crippen LogP contribution >= 0.6 is 11.6 Å². The van der Waals surface area contributed by atoms with E-state index in [4.69, 9.17) is 11.6 Å². The molecule has 118 valence electrons. The zero-order valence-corrected chi connectivity index (χ0v) is 13.4. The summed E-state index contributed by atoms with van der Waals surface area (Å²) < 4.78 is 3.61. The second-order valence-electron chi connectivity index (χ2n) is 4.96. The molecule has 0 aliphatic carbocycles. The lowest BCUT2D eigenvalue weighted by Crippen LogP contribution is -2.38. The SMILES string of the molecule is Cc1nn(CC(=O)Nc2cc(=O)n(C)c(=O)n2C)c(C)c1Cl. The number of aryl methyl sites for hydroxylation is 1. The summed E-state index contributed by atoms with van der Waals surface area (Å²) in [4.78, 5) is 35.5. The molecular weight excluding hydrogens is 310 g/mol. The molecule has 0 bridgehead atoms. The van der Waals surface area contributed by atoms with E-state index in [0.717, 1.165) is 4.57 Å². The zero-order chi connectivity index (χ0) is 16.6. The first-order valence-electron chi connectivity index (χ1n) is 6.48. The highest BCUT2D eigenvalue weighted by molar-refractivity contribution is 6.31. The highest BCUT2D eigenvalue weighted by Gasteiger charge is 2.14. The Kier molecular flexibility index (Phi) is 4.23. The third kappa shape index (κ3) is 2.82. The maximum absolute atomic E-state index is 12.1. The third-order valence-corrected chi connectivity index (χ3v) is 3.93. The van der Waals surface area contributed by atoms with Gasteiger partial charge >= 0.3 is 5.69 Å². The van der Waals surface area contributed by atoms with Gasteiger partial charge in [-0.15, -0.1) is 0 Å². The number of anilines is 1. The fraction of sp³-hybridized carbons (Fsp3) is 0.385. The fourth-order valence-corrected chi connectivity index (χ4v) is 2.14. The Morgan fingerprint density at radius 2 is 1.91 bits per heavy atom. The van der Waals surface area contributed by atoms with Gasteiger partial charge in [-0.05, 0) is 13.8 Å². The molecule has 0 saturated heterocycles. The maximum atomic E-state index is 12.1. The molecule has 1 amide bonds. The fourth-order valence-electron chi connectivity index (χ4n) is 2.00. The summed E-state index contributed by atoms with van der Waals surface area (Å²) in [6, 6.07) is 1.19. The van der Waals surface area contributed by atoms with E-state index in [1.165, 1.54) is 29.4 Å². The van der Waals surface area contributed by atoms with Gasteiger partial charge in [-0.25, -0.2) is 4.79 Å². The molecule has 22 heavy (non-hydrogen) atoms. The van der Waals surface area contributed by atoms with Gasteiger partial charge in [-0.1, -0.05) is 11.6 Å². The molecule has 0 saturated carbocycles. The Morgan fingerprint density at radius 1 is 1.27 bits per heavy atom. The van der Waals surface area contributed by atoms with Gasteiger partial charge in [0.15, 0.2) is 0 Å². The maximum Gasteiger partial charge on any atom is 0.332 e. The Hall–Kier alpha value is -2.35. The summed E-state index contributed by atoms with van der Waals surface area (Å²) in [6.07, 6.45) is 0. The highest BCUT2D eigenvalue weighted by Crippen LogP contribution is 2.18. The molecule has 2 aromatic heterocycles. The number of rotatable bonds is 3. The molecule has 9 heteroatoms. The van der Waals surface area contributed by atoms with Gasteiger partial charge in [-0.3, -0.25) is 23.4 Å². The summed E-state index contributed by atoms with van der Waals surface area (Å²) >= 11 is 6.02. The van der Waals surface area contributed by atoms with Gasteiger partial charge < -0.3 is 5.32 Å². The number of nitrogens with one attached hydrogen (secondary N) is 1. The minimum atomic E-state index is -0.517. The molecule has 2 aromatic rings. The van der Waals surface area contributed by atoms with Crippen LogP contribution in [0.4, 0.5) is 5.82 Å². The molecule has 2 heterocycles. The van der Waals surface area contributed by atoms with Crippen molar-refractivity contribution in [2.45, 2.75) is 20.4 Å². The van der Waals surface area contributed by atoms with E-state index < -0.39 is 17.2 Å². The van der Waals surface area contributed by atoms with Crippen molar-refractivity contribution in [3.63, 3.8) is 0 Å². The molecule has 0 atom stereocenters. The molecule has 0 aromatic carbocycles. The third-order valence-electron chi connectivity index (χ3n) is 3.38. The number of hydrogen-bond donors (Lipinski definition) is 1. The molecule has 1 N–H and O–H groups in total. The van der Waals surface area contributed by atoms with E-state index in [1.807, 2.05) is 0 Å². The van der Waals surface area contributed by atoms with Crippen molar-refractivity contribution in [2.24, 2.45) is 14.1 Å². The number of nitrogens with zero attached hydrogens (tertiary/aromatic N) is 4. The first-order valence-corrected chi connectivity index (χ1v) is 6.86. The van der Waals surface area contributed by atoms with Crippen LogP contribution in [0.3, 0.4) is 0 Å². The van der Waals surface area contributed by atoms with Crippen molar-refractivity contribution in [1.82, 2.24) is 18.9 Å². The molecule has 0 unspecified atom stereocenters. The van der Waals surface area contributed by atoms with Crippen LogP contribution in [0.1, 0.15) is 11.4 Å². The first-order chi connectivity index (χ1) is 10.2. The van der Waals surface area contributed by atoms with E-state index in [1.54, 1.807) is 13.8 Å². The topological polar surface area (TPSA) is 90.9 Å². The number of carbonyl (C=O) groups is 1. The van der Waals surface area contributed by atoms with E-state index in [9.17, 15) is 14.4 Å². The second kappa shape index (κ2) is 5.80. The van der Waals surface area contributed by atoms with Crippen LogP contribution in [0.5, 0.6) is 0 Å². The zero-order valence-electron chi connectivity index (χ0n) is 12.7. The minimum absolute atomic E-state index is 0.0667. The van der Waals surface area contributed by atoms with Crippen molar-refractivity contribution in [3.05, 3.63) is 43.3 Å². The summed E-state index contributed by atoms with van der Waals surface area (Å²) in [5.74, 6) is -0.281. The summed E-state index contributed by atoms with van der Waals surface area (Å²) in [6.45, 7) is 3.43. The standard InChI is InChI=1S/C13H16ClN5O3/c1-7-12(14)8(2)19(16-7)6-10(20)15-9-5-11(21)18(4)13(22)17(9)3/h5H,6H2,1-4H3,(H,15,20). The monoisotopic (exact) mass is 325 g/mol. The molecule has 0 spiro atoms. The van der Waals surface area contributed by atoms with Gasteiger partial charge in [0.25, 0.3) is 5.56 Å². The van der Waals surface area contributed by atoms with Crippen molar-refractivity contribution < 1.29 is 4.79 Å². The van der Waals surface area contributed by atoms with E-state index in [0.29, 0.717) is 16.4 Å². The number of carbonyl (C=O) groups excluding carboxylic acids is 1. The Balaban J connectivity index is 2.25. The van der Waals surface area contributed by atoms with Crippen LogP contribution in [0.25, 0.3) is 0 Å². The normalized spacial score (nSPS) is 10.8. The van der Waals surface area contributed by atoms with Gasteiger partial charge in [0.2, 0.25) is 5.91 Å². The summed E-state index contributed by atoms with van der Waals surface area (Å²) in [5, 5.41) is 7.19. The second-order valence-corrected chi connectivity index (χ2v) is 5.34. The Labute approximate surface area is 130 Å². The van der Waals surface area contributed by atoms with Crippen molar-refractivity contribution in [2.75, 3.05) is 5.32 Å². The van der Waals surface area contributed by atoms with Crippen molar-refractivity contribution in [3.8, 4) is 0 Å². The molecule has 0 radical (unpaired) electrons. The summed E-state index contributed by atoms with van der Waals surface area (Å²) in [7, 11) is 2.84. The lowest BCUT2D eigenvalue weighted by Gasteiger charge is -2.11. The van der Waals surface area contributed by atoms with Crippen LogP contribution in [-0.2, 0) is 25.4 Å². The minimum Gasteiger partial charge on any atom is -0.310 e. The number of hydrogen-bond acceptors (Lipinski definition) is 4. The van der Waals surface area contributed by atoms with Gasteiger partial charge in [0, 0.05) is 20.2 Å². The highest BCUT2D eigenvalue weighted by atomic mass is 35.5. The van der Waals surface area contributed by atoms with E-state index in [2.05, 4.69) is 10.4 Å². The quantitative estimate of drug-likeness (QED) is 0.872. The average molecular weight is 326 g/mol. The predicted molar refractivity (Wildman–Crippen MR) is 82.3 cm³/mol. The largest absolute Gasteiger partial charge is 0.332 e. The smallest absolute Gasteiger partial charge is 0.310 e. The Morgan fingerprint density at radius 3 is 2.45 bits per heavy atom. The molecule has 0 fully saturated rings. The predicted octanol–water partition coefficient (Wildman–Crippen LogP) is 0.189. The van der Waals surface area contributed by atoms with Crippen molar-refractivity contribution in [1.29, 1.82) is 0 Å². The van der Waals surface area contributed by atoms with Crippen molar-refractivity contribution >= 4 is 23.3 Å². The molecular formula is C13H16ClN5O3. The average Bonchev–Trinajstić information content (AvgIpc) is 2.70. The lowest BCUT2D eigenvalue weighted by molar-refractivity contribution is -0.117. The molecule has 0 aliphatic rings. The van der Waals surface area contributed by atoms with E-state index in [-0.39, 0.29) is 12.4 Å². The van der Waals surface area contributed by atoms with E-state index >= 15 is 0 Å². The van der Waals surface area contributed by atoms with Crippen LogP contribution in [0.15, 0.2) is 15.7 Å². The van der Waals surface area contributed by atoms with Gasteiger partial charge in [-0.2, -0.15) is 5.10 Å². The van der Waals surface area contributed by atoms with Crippen LogP contribution in [-0.4, -0.2) is 24.8 Å². The Bertz CT molecular complexity index is 862. The summed E-state index contributed by atoms with van der Waals surface area (Å²) in [5.41, 5.74) is 0.296. The van der Waals surface area contributed by atoms with Crippen LogP contribution < -0.4 is 16.6 Å². The molecule has 2 rings (SSSR count). The lowest BCUT2D eigenvalue weighted by atomic mass is 10.4. The van der Waals surface area contributed by atoms with Crippen LogP contribution in [0.2, 0.25) is 5.02 Å². The van der Waals surface area contributed by atoms with Gasteiger partial charge in [0.05, 0.1) is 16.4 Å². The molecule has 0 aliphatic heterocycles.